The highest BCUT2D eigenvalue weighted by Gasteiger charge is 2.33. The molecule has 0 saturated heterocycles. The van der Waals surface area contributed by atoms with Crippen molar-refractivity contribution in [3.05, 3.63) is 108 Å². The highest BCUT2D eigenvalue weighted by Crippen LogP contribution is 2.46. The van der Waals surface area contributed by atoms with Crippen LogP contribution >= 0.6 is 0 Å². The number of aryl methyl sites for hydroxylation is 2. The Morgan fingerprint density at radius 2 is 1.44 bits per heavy atom. The molecule has 0 spiro atoms. The van der Waals surface area contributed by atoms with E-state index in [9.17, 15) is 0 Å². The Hall–Kier alpha value is -5.10. The van der Waals surface area contributed by atoms with Crippen LogP contribution in [0.2, 0.25) is 0 Å². The first-order valence-corrected chi connectivity index (χ1v) is 15.8. The van der Waals surface area contributed by atoms with Gasteiger partial charge < -0.3 is 14.5 Å². The number of fused-ring (bicyclic) bond motifs is 9. The second-order valence-corrected chi connectivity index (χ2v) is 12.7. The predicted octanol–water partition coefficient (Wildman–Crippen LogP) is 9.08. The van der Waals surface area contributed by atoms with Crippen LogP contribution in [0, 0.1) is 13.8 Å². The average molecular weight is 593 g/mol. The molecular weight excluding hydrogens is 554 g/mol. The van der Waals surface area contributed by atoms with Gasteiger partial charge >= 0.3 is 0 Å². The van der Waals surface area contributed by atoms with Crippen LogP contribution in [0.4, 0.5) is 17.1 Å². The van der Waals surface area contributed by atoms with E-state index in [0.29, 0.717) is 5.92 Å². The summed E-state index contributed by atoms with van der Waals surface area (Å²) in [4.78, 5) is 9.91. The van der Waals surface area contributed by atoms with Gasteiger partial charge in [-0.15, -0.1) is 0 Å². The molecule has 7 aromatic rings. The summed E-state index contributed by atoms with van der Waals surface area (Å²) in [7, 11) is 4.31. The van der Waals surface area contributed by atoms with Crippen LogP contribution < -0.4 is 19.1 Å². The maximum Gasteiger partial charge on any atom is 0.297 e. The molecular formula is C39H38N5O+. The van der Waals surface area contributed by atoms with Gasteiger partial charge in [0.05, 0.1) is 40.9 Å². The molecule has 224 valence electrons. The van der Waals surface area contributed by atoms with E-state index in [0.717, 1.165) is 44.9 Å². The smallest absolute Gasteiger partial charge is 0.297 e. The first-order chi connectivity index (χ1) is 21.8. The Kier molecular flexibility index (Phi) is 6.08. The summed E-state index contributed by atoms with van der Waals surface area (Å²) in [5.74, 6) is 1.95. The van der Waals surface area contributed by atoms with Crippen molar-refractivity contribution in [3.63, 3.8) is 0 Å². The molecule has 3 aromatic heterocycles. The summed E-state index contributed by atoms with van der Waals surface area (Å²) in [6, 6.07) is 30.2. The number of aromatic nitrogens is 3. The molecule has 45 heavy (non-hydrogen) atoms. The summed E-state index contributed by atoms with van der Waals surface area (Å²) >= 11 is 0. The van der Waals surface area contributed by atoms with E-state index < -0.39 is 0 Å². The standard InChI is InChI=1S/C39H38N5O/c1-23(2)27-14-12-20-33-37(27)38-36(39-42(7)30-16-9-11-18-32(30)44(33)39)25(4)35(22-40-38)45-34-21-13-19-28(24(34)3)43-26(5)41(6)29-15-8-10-17-31(29)43/h8-23,26H,1-7H3/q+1/t26-/m1/s1. The second kappa shape index (κ2) is 9.96. The lowest BCUT2D eigenvalue weighted by molar-refractivity contribution is -0.617. The number of imidazole rings is 1. The van der Waals surface area contributed by atoms with Gasteiger partial charge in [0, 0.05) is 23.9 Å². The fourth-order valence-electron chi connectivity index (χ4n) is 7.44. The van der Waals surface area contributed by atoms with Crippen molar-refractivity contribution in [2.24, 2.45) is 7.05 Å². The fraction of sp³-hybridized carbons (Fsp3) is 0.231. The summed E-state index contributed by atoms with van der Waals surface area (Å²) in [5.41, 5.74) is 12.7. The van der Waals surface area contributed by atoms with Gasteiger partial charge in [-0.05, 0) is 74.7 Å². The van der Waals surface area contributed by atoms with E-state index in [1.54, 1.807) is 0 Å². The number of nitrogens with zero attached hydrogens (tertiary/aromatic N) is 5. The molecule has 0 fully saturated rings. The molecule has 1 aliphatic rings. The molecule has 1 aliphatic heterocycles. The third-order valence-electron chi connectivity index (χ3n) is 9.89. The first-order valence-electron chi connectivity index (χ1n) is 15.8. The van der Waals surface area contributed by atoms with Gasteiger partial charge in [0.25, 0.3) is 5.65 Å². The van der Waals surface area contributed by atoms with Crippen LogP contribution in [-0.4, -0.2) is 22.6 Å². The molecule has 0 saturated carbocycles. The highest BCUT2D eigenvalue weighted by atomic mass is 16.5. The van der Waals surface area contributed by atoms with Crippen LogP contribution in [-0.2, 0) is 7.05 Å². The van der Waals surface area contributed by atoms with E-state index in [1.165, 1.54) is 38.9 Å². The van der Waals surface area contributed by atoms with Gasteiger partial charge in [0.15, 0.2) is 11.0 Å². The number of rotatable bonds is 4. The topological polar surface area (TPSA) is 36.9 Å². The molecule has 0 N–H and O–H groups in total. The van der Waals surface area contributed by atoms with Gasteiger partial charge in [-0.2, -0.15) is 4.40 Å². The Morgan fingerprint density at radius 3 is 2.24 bits per heavy atom. The van der Waals surface area contributed by atoms with Crippen molar-refractivity contribution < 1.29 is 9.30 Å². The molecule has 0 bridgehead atoms. The van der Waals surface area contributed by atoms with E-state index in [4.69, 9.17) is 9.72 Å². The minimum Gasteiger partial charge on any atom is -0.455 e. The van der Waals surface area contributed by atoms with Gasteiger partial charge in [0.2, 0.25) is 0 Å². The zero-order chi connectivity index (χ0) is 31.1. The Labute approximate surface area is 263 Å². The van der Waals surface area contributed by atoms with Gasteiger partial charge in [-0.3, -0.25) is 4.98 Å². The molecule has 0 aliphatic carbocycles. The number of hydrogen-bond acceptors (Lipinski definition) is 4. The molecule has 0 amide bonds. The number of para-hydroxylation sites is 4. The van der Waals surface area contributed by atoms with Crippen LogP contribution in [0.3, 0.4) is 0 Å². The van der Waals surface area contributed by atoms with Crippen molar-refractivity contribution in [1.82, 2.24) is 9.38 Å². The first kappa shape index (κ1) is 27.4. The molecule has 6 nitrogen and oxygen atoms in total. The minimum atomic E-state index is 0.181. The maximum atomic E-state index is 6.83. The molecule has 6 heteroatoms. The number of anilines is 3. The number of hydrogen-bond donors (Lipinski definition) is 0. The normalized spacial score (nSPS) is 14.9. The predicted molar refractivity (Wildman–Crippen MR) is 185 cm³/mol. The van der Waals surface area contributed by atoms with Crippen LogP contribution in [0.5, 0.6) is 11.5 Å². The lowest BCUT2D eigenvalue weighted by Crippen LogP contribution is -2.35. The van der Waals surface area contributed by atoms with Crippen LogP contribution in [0.1, 0.15) is 43.4 Å². The molecule has 0 unspecified atom stereocenters. The van der Waals surface area contributed by atoms with Gasteiger partial charge in [-0.1, -0.05) is 56.3 Å². The Morgan fingerprint density at radius 1 is 0.756 bits per heavy atom. The van der Waals surface area contributed by atoms with E-state index >= 15 is 0 Å². The van der Waals surface area contributed by atoms with Crippen molar-refractivity contribution in [2.45, 2.75) is 46.7 Å². The lowest BCUT2D eigenvalue weighted by Gasteiger charge is -2.29. The number of pyridine rings is 2. The van der Waals surface area contributed by atoms with Crippen molar-refractivity contribution >= 4 is 55.5 Å². The van der Waals surface area contributed by atoms with Crippen LogP contribution in [0.25, 0.3) is 38.5 Å². The molecule has 0 radical (unpaired) electrons. The third-order valence-corrected chi connectivity index (χ3v) is 9.89. The zero-order valence-electron chi connectivity index (χ0n) is 27.0. The zero-order valence-corrected chi connectivity index (χ0v) is 27.0. The minimum absolute atomic E-state index is 0.181. The number of benzene rings is 4. The number of ether oxygens (including phenoxy) is 1. The van der Waals surface area contributed by atoms with Crippen molar-refractivity contribution in [2.75, 3.05) is 16.8 Å². The molecule has 8 rings (SSSR count). The van der Waals surface area contributed by atoms with Crippen LogP contribution in [0.15, 0.2) is 91.1 Å². The molecule has 4 heterocycles. The largest absolute Gasteiger partial charge is 0.455 e. The summed E-state index contributed by atoms with van der Waals surface area (Å²) in [5, 5.41) is 2.32. The highest BCUT2D eigenvalue weighted by molar-refractivity contribution is 6.13. The Balaban J connectivity index is 1.35. The van der Waals surface area contributed by atoms with E-state index in [2.05, 4.69) is 152 Å². The molecule has 1 atom stereocenters. The fourth-order valence-corrected chi connectivity index (χ4v) is 7.44. The maximum absolute atomic E-state index is 6.83. The average Bonchev–Trinajstić information content (AvgIpc) is 3.49. The quantitative estimate of drug-likeness (QED) is 0.151. The molecule has 4 aromatic carbocycles. The third kappa shape index (κ3) is 3.81. The lowest BCUT2D eigenvalue weighted by atomic mass is 9.95. The second-order valence-electron chi connectivity index (χ2n) is 12.7. The summed E-state index contributed by atoms with van der Waals surface area (Å²) in [6.07, 6.45) is 2.10. The van der Waals surface area contributed by atoms with Crippen molar-refractivity contribution in [1.29, 1.82) is 0 Å². The summed E-state index contributed by atoms with van der Waals surface area (Å²) < 4.78 is 11.5. The van der Waals surface area contributed by atoms with Gasteiger partial charge in [0.1, 0.15) is 23.2 Å². The van der Waals surface area contributed by atoms with Crippen molar-refractivity contribution in [3.8, 4) is 11.5 Å². The van der Waals surface area contributed by atoms with E-state index in [-0.39, 0.29) is 6.17 Å². The summed E-state index contributed by atoms with van der Waals surface area (Å²) in [6.45, 7) is 11.1. The van der Waals surface area contributed by atoms with Gasteiger partial charge in [-0.25, -0.2) is 4.57 Å². The monoisotopic (exact) mass is 592 g/mol. The van der Waals surface area contributed by atoms with E-state index in [1.807, 2.05) is 6.20 Å². The SMILES string of the molecule is Cc1c(Oc2cnc3c4c(C(C)C)cccc4n4c5ccccc5[n+](C)c4c3c2C)cccc1N1c2ccccc2N(C)[C@H]1C. The Bertz CT molecular complexity index is 2320.